The number of benzene rings is 4. The highest BCUT2D eigenvalue weighted by molar-refractivity contribution is 9.09. The van der Waals surface area contributed by atoms with Crippen LogP contribution in [0.5, 0.6) is 0 Å². The van der Waals surface area contributed by atoms with Gasteiger partial charge in [-0.2, -0.15) is 0 Å². The van der Waals surface area contributed by atoms with Crippen LogP contribution in [0.1, 0.15) is 183 Å². The van der Waals surface area contributed by atoms with Crippen molar-refractivity contribution in [2.24, 2.45) is 23.7 Å². The lowest BCUT2D eigenvalue weighted by Gasteiger charge is -2.34. The minimum absolute atomic E-state index is 0.176. The predicted molar refractivity (Wildman–Crippen MR) is 502 cm³/mol. The number of hydrogen-bond donors (Lipinski definition) is 8. The van der Waals surface area contributed by atoms with Gasteiger partial charge in [0, 0.05) is 125 Å². The first-order valence-corrected chi connectivity index (χ1v) is 46.4. The molecule has 0 saturated carbocycles. The van der Waals surface area contributed by atoms with Gasteiger partial charge in [0.25, 0.3) is 23.6 Å². The molecule has 4 aromatic carbocycles. The van der Waals surface area contributed by atoms with Crippen molar-refractivity contribution in [3.8, 4) is 0 Å². The Morgan fingerprint density at radius 3 is 0.992 bits per heavy atom. The molecule has 648 valence electrons. The van der Waals surface area contributed by atoms with Crippen molar-refractivity contribution in [3.63, 3.8) is 0 Å². The quantitative estimate of drug-likeness (QED) is 0.0207. The van der Waals surface area contributed by atoms with Gasteiger partial charge in [-0.15, -0.1) is 0 Å². The van der Waals surface area contributed by atoms with E-state index in [1.807, 2.05) is 0 Å². The molecule has 6 fully saturated rings. The SMILES string of the molecule is C1CCNCC1.O=C(Nc1cc(Cl)cnc1Cl)c1cccc(Cl)c1.O=C(Nc1cc(Cl)cnc1N1CCC(CCCBr)CC1)c1cccc(Cl)c1.O=C(Nc1cc(Cl)cnc1N1CCC(CCCN2CCCCC2)CC1)c1cccc(Cl)c1.O=C(Nc1cc(Cl)cnc1N1CCC(CCCO)CC1)c1cccc(Cl)c1.OCCCC1CCNCC1. The topological polar surface area (TPSA) is 245 Å². The van der Waals surface area contributed by atoms with Crippen LogP contribution in [0.15, 0.2) is 146 Å². The third kappa shape index (κ3) is 34.3. The molecule has 4 aromatic heterocycles. The summed E-state index contributed by atoms with van der Waals surface area (Å²) in [6, 6.07) is 34.0. The first-order valence-electron chi connectivity index (χ1n) is 41.9. The van der Waals surface area contributed by atoms with Crippen LogP contribution in [0, 0.1) is 23.7 Å². The number of anilines is 7. The minimum Gasteiger partial charge on any atom is -0.396 e. The lowest BCUT2D eigenvalue weighted by Crippen LogP contribution is -2.35. The van der Waals surface area contributed by atoms with Crippen LogP contribution >= 0.6 is 120 Å². The molecule has 0 radical (unpaired) electrons. The zero-order valence-electron chi connectivity index (χ0n) is 67.9. The molecule has 6 saturated heterocycles. The third-order valence-corrected chi connectivity index (χ3v) is 24.5. The largest absolute Gasteiger partial charge is 0.396 e. The smallest absolute Gasteiger partial charge is 0.255 e. The molecule has 0 spiro atoms. The van der Waals surface area contributed by atoms with Crippen molar-refractivity contribution in [3.05, 3.63) is 214 Å². The summed E-state index contributed by atoms with van der Waals surface area (Å²) in [4.78, 5) is 76.6. The number of amides is 4. The van der Waals surface area contributed by atoms with E-state index in [1.165, 1.54) is 142 Å². The van der Waals surface area contributed by atoms with Crippen LogP contribution in [-0.2, 0) is 0 Å². The van der Waals surface area contributed by atoms with Crippen molar-refractivity contribution >= 4 is 184 Å². The van der Waals surface area contributed by atoms with Crippen LogP contribution in [0.4, 0.5) is 40.2 Å². The van der Waals surface area contributed by atoms with Crippen molar-refractivity contribution in [2.45, 2.75) is 141 Å². The molecule has 0 aliphatic carbocycles. The van der Waals surface area contributed by atoms with Gasteiger partial charge in [0.1, 0.15) is 0 Å². The number of carbonyl (C=O) groups is 4. The highest BCUT2D eigenvalue weighted by Crippen LogP contribution is 2.37. The fraction of sp³-hybridized carbons (Fsp3) is 0.467. The van der Waals surface area contributed by atoms with Gasteiger partial charge < -0.3 is 61.7 Å². The molecule has 6 aliphatic rings. The summed E-state index contributed by atoms with van der Waals surface area (Å²) >= 11 is 57.4. The van der Waals surface area contributed by atoms with Crippen LogP contribution in [0.25, 0.3) is 0 Å². The minimum atomic E-state index is -0.330. The average molecular weight is 1880 g/mol. The van der Waals surface area contributed by atoms with E-state index in [9.17, 15) is 19.2 Å². The number of likely N-dealkylation sites (tertiary alicyclic amines) is 1. The van der Waals surface area contributed by atoms with Gasteiger partial charge in [0.2, 0.25) is 0 Å². The fourth-order valence-electron chi connectivity index (χ4n) is 15.3. The Kier molecular flexibility index (Phi) is 43.6. The number of halogens is 10. The second-order valence-electron chi connectivity index (χ2n) is 30.8. The summed E-state index contributed by atoms with van der Waals surface area (Å²) in [6.07, 6.45) is 33.1. The molecule has 20 nitrogen and oxygen atoms in total. The second kappa shape index (κ2) is 53.7. The molecule has 10 heterocycles. The maximum absolute atomic E-state index is 12.8. The van der Waals surface area contributed by atoms with E-state index in [2.05, 4.69) is 87.4 Å². The number of aliphatic hydroxyl groups is 2. The number of nitrogens with one attached hydrogen (secondary N) is 6. The number of aliphatic hydroxyl groups excluding tert-OH is 2. The molecule has 8 aromatic rings. The van der Waals surface area contributed by atoms with Crippen LogP contribution in [-0.4, -0.2) is 162 Å². The van der Waals surface area contributed by atoms with Crippen LogP contribution in [0.3, 0.4) is 0 Å². The molecule has 0 atom stereocenters. The first kappa shape index (κ1) is 97.5. The Hall–Kier alpha value is -6.35. The molecule has 0 bridgehead atoms. The van der Waals surface area contributed by atoms with Gasteiger partial charge >= 0.3 is 0 Å². The average Bonchev–Trinajstić information content (AvgIpc) is 0.821. The number of aromatic nitrogens is 4. The van der Waals surface area contributed by atoms with E-state index in [1.54, 1.807) is 134 Å². The molecule has 4 amide bonds. The number of carbonyl (C=O) groups excluding carboxylic acids is 4. The van der Waals surface area contributed by atoms with Gasteiger partial charge in [0.05, 0.1) is 42.8 Å². The molecule has 6 aliphatic heterocycles. The van der Waals surface area contributed by atoms with Crippen molar-refractivity contribution < 1.29 is 29.4 Å². The van der Waals surface area contributed by atoms with Gasteiger partial charge in [-0.1, -0.05) is 157 Å². The molecular formula is C90H112BrCl9N14O6. The number of nitrogens with zero attached hydrogens (tertiary/aromatic N) is 8. The van der Waals surface area contributed by atoms with Crippen molar-refractivity contribution in [1.82, 2.24) is 35.5 Å². The number of pyridine rings is 4. The first-order chi connectivity index (χ1) is 58.2. The summed E-state index contributed by atoms with van der Waals surface area (Å²) in [5.74, 6) is 4.31. The number of alkyl halides is 1. The normalized spacial score (nSPS) is 16.1. The zero-order chi connectivity index (χ0) is 85.4. The standard InChI is InChI=1S/C25H32Cl2N4O.C20H22BrCl2N3O.C20H23Cl2N3O2.C12H7Cl3N2O.C8H17NO.C5H11N/c26-21-8-4-7-20(16-21)25(32)29-23-17-22(27)18-28-24(23)31-14-9-19(10-15-31)6-5-13-30-11-2-1-3-12-30;21-8-2-3-14-6-9-26(10-7-14)19-18(12-17(23)13-24-19)25-20(27)15-4-1-5-16(22)11-15;21-16-5-1-4-15(11-16)20(27)24-18-12-17(22)13-23-19(18)25-8-6-14(7-9-25)3-2-10-26;13-8-3-1-2-7(4-8)12(18)17-10-5-9(14)6-16-11(10)15;10-7-1-2-8-3-5-9-6-4-8;1-2-4-6-5-3-1/h4,7-8,16-19H,1-3,5-6,9-15H2,(H,29,32);1,4-5,11-14H,2-3,6-10H2,(H,25,27);1,4-5,11-14,26H,2-3,6-10H2,(H,24,27);1-6H,(H,17,18);8-10H,1-7H2;6H,1-5H2. The Morgan fingerprint density at radius 1 is 0.358 bits per heavy atom. The molecule has 8 N–H and O–H groups in total. The Morgan fingerprint density at radius 2 is 0.667 bits per heavy atom. The van der Waals surface area contributed by atoms with E-state index in [0.29, 0.717) is 97.7 Å². The highest BCUT2D eigenvalue weighted by atomic mass is 79.9. The van der Waals surface area contributed by atoms with Gasteiger partial charge in [-0.05, 0) is 295 Å². The Labute approximate surface area is 761 Å². The van der Waals surface area contributed by atoms with Gasteiger partial charge in [-0.3, -0.25) is 19.2 Å². The van der Waals surface area contributed by atoms with Gasteiger partial charge in [0.15, 0.2) is 22.6 Å². The monoisotopic (exact) mass is 1880 g/mol. The van der Waals surface area contributed by atoms with E-state index >= 15 is 0 Å². The van der Waals surface area contributed by atoms with E-state index in [0.717, 1.165) is 138 Å². The summed E-state index contributed by atoms with van der Waals surface area (Å²) in [5.41, 5.74) is 4.15. The molecular weight excluding hydrogens is 1770 g/mol. The summed E-state index contributed by atoms with van der Waals surface area (Å²) in [6.45, 7) is 14.8. The molecule has 30 heteroatoms. The summed E-state index contributed by atoms with van der Waals surface area (Å²) in [7, 11) is 0. The summed E-state index contributed by atoms with van der Waals surface area (Å²) < 4.78 is 0. The Bertz CT molecular complexity index is 4320. The molecule has 120 heavy (non-hydrogen) atoms. The van der Waals surface area contributed by atoms with E-state index < -0.39 is 0 Å². The molecule has 0 unspecified atom stereocenters. The Balaban J connectivity index is 0.000000173. The van der Waals surface area contributed by atoms with E-state index in [4.69, 9.17) is 115 Å². The lowest BCUT2D eigenvalue weighted by molar-refractivity contribution is 0.101. The lowest BCUT2D eigenvalue weighted by atomic mass is 9.92. The summed E-state index contributed by atoms with van der Waals surface area (Å²) in [5, 5.41) is 40.8. The fourth-order valence-corrected chi connectivity index (χ4v) is 17.2. The maximum Gasteiger partial charge on any atom is 0.255 e. The predicted octanol–water partition coefficient (Wildman–Crippen LogP) is 22.6. The van der Waals surface area contributed by atoms with Gasteiger partial charge in [-0.25, -0.2) is 19.9 Å². The van der Waals surface area contributed by atoms with E-state index in [-0.39, 0.29) is 35.4 Å². The number of hydrogen-bond acceptors (Lipinski definition) is 16. The van der Waals surface area contributed by atoms with Crippen LogP contribution in [0.2, 0.25) is 45.3 Å². The maximum atomic E-state index is 12.8. The van der Waals surface area contributed by atoms with Crippen LogP contribution < -0.4 is 46.6 Å². The molecule has 14 rings (SSSR count). The zero-order valence-corrected chi connectivity index (χ0v) is 76.3. The number of rotatable bonds is 24. The second-order valence-corrected chi connectivity index (χ2v) is 35.5. The highest BCUT2D eigenvalue weighted by Gasteiger charge is 2.28. The van der Waals surface area contributed by atoms with Crippen molar-refractivity contribution in [2.75, 3.05) is 140 Å². The van der Waals surface area contributed by atoms with Crippen molar-refractivity contribution in [1.29, 1.82) is 0 Å². The number of piperidine rings is 6. The third-order valence-electron chi connectivity index (χ3n) is 21.9.